The van der Waals surface area contributed by atoms with E-state index in [0.717, 1.165) is 44.9 Å². The van der Waals surface area contributed by atoms with Crippen LogP contribution in [0.15, 0.2) is 42.6 Å². The Balaban J connectivity index is 1.46. The molecule has 0 spiro atoms. The molecule has 1 aliphatic heterocycles. The molecule has 0 amide bonds. The van der Waals surface area contributed by atoms with E-state index in [9.17, 15) is 5.11 Å². The van der Waals surface area contributed by atoms with Crippen molar-refractivity contribution in [1.29, 1.82) is 0 Å². The predicted octanol–water partition coefficient (Wildman–Crippen LogP) is 3.86. The Hall–Kier alpha value is -2.34. The molecule has 1 saturated heterocycles. The van der Waals surface area contributed by atoms with E-state index in [1.165, 1.54) is 33.2 Å². The van der Waals surface area contributed by atoms with Gasteiger partial charge in [0.2, 0.25) is 0 Å². The van der Waals surface area contributed by atoms with Gasteiger partial charge in [0.1, 0.15) is 5.75 Å². The van der Waals surface area contributed by atoms with Crippen molar-refractivity contribution in [3.63, 3.8) is 0 Å². The number of hydrogen-bond donors (Lipinski definition) is 2. The number of hydrogen-bond acceptors (Lipinski definition) is 4. The summed E-state index contributed by atoms with van der Waals surface area (Å²) in [6, 6.07) is 13.1. The molecule has 0 saturated carbocycles. The van der Waals surface area contributed by atoms with Crippen molar-refractivity contribution in [2.45, 2.75) is 39.4 Å². The summed E-state index contributed by atoms with van der Waals surface area (Å²) in [5.41, 5.74) is 6.41. The van der Waals surface area contributed by atoms with Crippen LogP contribution in [0.2, 0.25) is 0 Å². The number of benzene rings is 2. The van der Waals surface area contributed by atoms with E-state index in [2.05, 4.69) is 71.2 Å². The molecule has 2 N–H and O–H groups in total. The molecule has 2 aromatic carbocycles. The molecule has 30 heavy (non-hydrogen) atoms. The summed E-state index contributed by atoms with van der Waals surface area (Å²) in [6.45, 7) is 9.43. The zero-order valence-corrected chi connectivity index (χ0v) is 18.3. The maximum Gasteiger partial charge on any atom is 0.122 e. The standard InChI is InChI=1S/C25H33N3O2/c1-18-19(2)25(30-3)9-8-20(18)16-28-12-11-27(17-22(28)10-13-29)15-21-14-26-24-7-5-4-6-23(21)24/h4-9,14,22,26,29H,10-13,15-17H2,1-3H3. The van der Waals surface area contributed by atoms with Crippen LogP contribution in [-0.4, -0.2) is 59.3 Å². The number of fused-ring (bicyclic) bond motifs is 1. The number of aromatic amines is 1. The van der Waals surface area contributed by atoms with Gasteiger partial charge in [0.15, 0.2) is 0 Å². The summed E-state index contributed by atoms with van der Waals surface area (Å²) in [4.78, 5) is 8.45. The van der Waals surface area contributed by atoms with Gasteiger partial charge >= 0.3 is 0 Å². The van der Waals surface area contributed by atoms with E-state index in [1.54, 1.807) is 7.11 Å². The monoisotopic (exact) mass is 407 g/mol. The van der Waals surface area contributed by atoms with Crippen LogP contribution in [0.4, 0.5) is 0 Å². The summed E-state index contributed by atoms with van der Waals surface area (Å²) in [5, 5.41) is 11.0. The van der Waals surface area contributed by atoms with Gasteiger partial charge in [0.05, 0.1) is 7.11 Å². The second kappa shape index (κ2) is 9.21. The van der Waals surface area contributed by atoms with E-state index >= 15 is 0 Å². The number of aromatic nitrogens is 1. The third-order valence-electron chi connectivity index (χ3n) is 6.66. The Morgan fingerprint density at radius 2 is 1.87 bits per heavy atom. The third kappa shape index (κ3) is 4.24. The first-order chi connectivity index (χ1) is 14.6. The average molecular weight is 408 g/mol. The molecule has 1 aromatic heterocycles. The Kier molecular flexibility index (Phi) is 6.42. The highest BCUT2D eigenvalue weighted by Crippen LogP contribution is 2.27. The number of nitrogens with zero attached hydrogens (tertiary/aromatic N) is 2. The lowest BCUT2D eigenvalue weighted by atomic mass is 10.00. The van der Waals surface area contributed by atoms with Crippen molar-refractivity contribution in [3.05, 3.63) is 64.8 Å². The number of H-pyrrole nitrogens is 1. The fraction of sp³-hybridized carbons (Fsp3) is 0.440. The molecule has 0 bridgehead atoms. The van der Waals surface area contributed by atoms with Crippen LogP contribution in [0.1, 0.15) is 28.7 Å². The van der Waals surface area contributed by atoms with Crippen molar-refractivity contribution in [2.24, 2.45) is 0 Å². The van der Waals surface area contributed by atoms with Crippen LogP contribution in [0.25, 0.3) is 10.9 Å². The van der Waals surface area contributed by atoms with Crippen LogP contribution in [-0.2, 0) is 13.1 Å². The lowest BCUT2D eigenvalue weighted by Gasteiger charge is -2.41. The molecule has 4 rings (SSSR count). The lowest BCUT2D eigenvalue weighted by molar-refractivity contribution is 0.0500. The maximum atomic E-state index is 9.69. The summed E-state index contributed by atoms with van der Waals surface area (Å²) in [6.07, 6.45) is 2.94. The molecular formula is C25H33N3O2. The maximum absolute atomic E-state index is 9.69. The molecular weight excluding hydrogens is 374 g/mol. The van der Waals surface area contributed by atoms with E-state index in [1.807, 2.05) is 0 Å². The quantitative estimate of drug-likeness (QED) is 0.624. The summed E-state index contributed by atoms with van der Waals surface area (Å²) < 4.78 is 5.47. The number of nitrogens with one attached hydrogen (secondary N) is 1. The van der Waals surface area contributed by atoms with Gasteiger partial charge in [-0.3, -0.25) is 9.80 Å². The van der Waals surface area contributed by atoms with Crippen LogP contribution in [0, 0.1) is 13.8 Å². The number of aliphatic hydroxyl groups excluding tert-OH is 1. The van der Waals surface area contributed by atoms with Gasteiger partial charge in [-0.05, 0) is 54.7 Å². The first kappa shape index (κ1) is 20.9. The number of methoxy groups -OCH3 is 1. The lowest BCUT2D eigenvalue weighted by Crippen LogP contribution is -2.52. The van der Waals surface area contributed by atoms with Crippen LogP contribution in [0.3, 0.4) is 0 Å². The molecule has 160 valence electrons. The Morgan fingerprint density at radius 3 is 2.67 bits per heavy atom. The first-order valence-corrected chi connectivity index (χ1v) is 10.9. The molecule has 3 aromatic rings. The zero-order chi connectivity index (χ0) is 21.1. The number of para-hydroxylation sites is 1. The SMILES string of the molecule is COc1ccc(CN2CCN(Cc3c[nH]c4ccccc34)CC2CCO)c(C)c1C. The van der Waals surface area contributed by atoms with Crippen molar-refractivity contribution >= 4 is 10.9 Å². The summed E-state index contributed by atoms with van der Waals surface area (Å²) >= 11 is 0. The summed E-state index contributed by atoms with van der Waals surface area (Å²) in [7, 11) is 1.73. The topological polar surface area (TPSA) is 51.7 Å². The highest BCUT2D eigenvalue weighted by atomic mass is 16.5. The molecule has 0 radical (unpaired) electrons. The Morgan fingerprint density at radius 1 is 1.03 bits per heavy atom. The highest BCUT2D eigenvalue weighted by Gasteiger charge is 2.27. The van der Waals surface area contributed by atoms with E-state index in [4.69, 9.17) is 4.74 Å². The highest BCUT2D eigenvalue weighted by molar-refractivity contribution is 5.82. The van der Waals surface area contributed by atoms with Crippen LogP contribution < -0.4 is 4.74 Å². The zero-order valence-electron chi connectivity index (χ0n) is 18.3. The molecule has 5 heteroatoms. The van der Waals surface area contributed by atoms with Gasteiger partial charge in [-0.25, -0.2) is 0 Å². The van der Waals surface area contributed by atoms with Crippen molar-refractivity contribution in [3.8, 4) is 5.75 Å². The molecule has 0 aliphatic carbocycles. The Labute approximate surface area is 179 Å². The molecule has 2 heterocycles. The van der Waals surface area contributed by atoms with Crippen molar-refractivity contribution < 1.29 is 9.84 Å². The minimum atomic E-state index is 0.225. The van der Waals surface area contributed by atoms with Crippen molar-refractivity contribution in [1.82, 2.24) is 14.8 Å². The van der Waals surface area contributed by atoms with Gasteiger partial charge in [-0.2, -0.15) is 0 Å². The van der Waals surface area contributed by atoms with Crippen molar-refractivity contribution in [2.75, 3.05) is 33.4 Å². The van der Waals surface area contributed by atoms with Gasteiger partial charge < -0.3 is 14.8 Å². The first-order valence-electron chi connectivity index (χ1n) is 10.9. The fourth-order valence-corrected chi connectivity index (χ4v) is 4.70. The third-order valence-corrected chi connectivity index (χ3v) is 6.66. The fourth-order valence-electron chi connectivity index (χ4n) is 4.70. The van der Waals surface area contributed by atoms with Gasteiger partial charge in [0.25, 0.3) is 0 Å². The molecule has 1 unspecified atom stereocenters. The smallest absolute Gasteiger partial charge is 0.122 e. The second-order valence-electron chi connectivity index (χ2n) is 8.41. The van der Waals surface area contributed by atoms with Crippen LogP contribution in [0.5, 0.6) is 5.75 Å². The normalized spacial score (nSPS) is 18.2. The molecule has 5 nitrogen and oxygen atoms in total. The molecule has 1 fully saturated rings. The van der Waals surface area contributed by atoms with E-state index in [0.29, 0.717) is 6.04 Å². The Bertz CT molecular complexity index is 997. The number of ether oxygens (including phenoxy) is 1. The minimum absolute atomic E-state index is 0.225. The summed E-state index contributed by atoms with van der Waals surface area (Å²) in [5.74, 6) is 0.951. The minimum Gasteiger partial charge on any atom is -0.496 e. The largest absolute Gasteiger partial charge is 0.496 e. The predicted molar refractivity (Wildman–Crippen MR) is 122 cm³/mol. The van der Waals surface area contributed by atoms with Crippen LogP contribution >= 0.6 is 0 Å². The van der Waals surface area contributed by atoms with Gasteiger partial charge in [-0.15, -0.1) is 0 Å². The number of rotatable bonds is 7. The van der Waals surface area contributed by atoms with E-state index in [-0.39, 0.29) is 6.61 Å². The second-order valence-corrected chi connectivity index (χ2v) is 8.41. The van der Waals surface area contributed by atoms with Gasteiger partial charge in [-0.1, -0.05) is 24.3 Å². The van der Waals surface area contributed by atoms with Gasteiger partial charge in [0, 0.05) is 62.5 Å². The molecule has 1 atom stereocenters. The number of aliphatic hydroxyl groups is 1. The average Bonchev–Trinajstić information content (AvgIpc) is 3.16. The number of piperazine rings is 1. The van der Waals surface area contributed by atoms with E-state index < -0.39 is 0 Å². The molecule has 1 aliphatic rings.